The predicted octanol–water partition coefficient (Wildman–Crippen LogP) is 3.19. The van der Waals surface area contributed by atoms with Gasteiger partial charge in [0.2, 0.25) is 0 Å². The molecule has 0 aromatic heterocycles. The average Bonchev–Trinajstić information content (AvgIpc) is 1.85. The summed E-state index contributed by atoms with van der Waals surface area (Å²) in [6.45, 7) is 11.1. The summed E-state index contributed by atoms with van der Waals surface area (Å²) in [7, 11) is -1.17. The molecule has 0 amide bonds. The summed E-state index contributed by atoms with van der Waals surface area (Å²) in [4.78, 5) is 0. The highest BCUT2D eigenvalue weighted by molar-refractivity contribution is 6.73. The van der Waals surface area contributed by atoms with Crippen LogP contribution in [0.25, 0.3) is 0 Å². The van der Waals surface area contributed by atoms with Crippen molar-refractivity contribution in [2.75, 3.05) is 0 Å². The van der Waals surface area contributed by atoms with Crippen LogP contribution in [0.3, 0.4) is 0 Å². The van der Waals surface area contributed by atoms with Gasteiger partial charge < -0.3 is 4.57 Å². The molecule has 11 heavy (non-hydrogen) atoms. The number of hydrogen-bond acceptors (Lipinski definition) is 1. The zero-order valence-corrected chi connectivity index (χ0v) is 9.26. The lowest BCUT2D eigenvalue weighted by molar-refractivity contribution is 0.758. The first-order valence-corrected chi connectivity index (χ1v) is 7.51. The molecule has 0 radical (unpaired) electrons. The molecule has 0 heterocycles. The van der Waals surface area contributed by atoms with Crippen molar-refractivity contribution in [3.05, 3.63) is 24.6 Å². The highest BCUT2D eigenvalue weighted by Gasteiger charge is 2.17. The fraction of sp³-hybridized carbons (Fsp3) is 0.556. The van der Waals surface area contributed by atoms with Crippen molar-refractivity contribution in [2.24, 2.45) is 0 Å². The Labute approximate surface area is 71.5 Å². The van der Waals surface area contributed by atoms with E-state index in [2.05, 4.69) is 62.6 Å². The van der Waals surface area contributed by atoms with Gasteiger partial charge in [0.15, 0.2) is 8.24 Å². The van der Waals surface area contributed by atoms with Gasteiger partial charge in [-0.3, -0.25) is 0 Å². The summed E-state index contributed by atoms with van der Waals surface area (Å²) in [5.74, 6) is 0. The van der Waals surface area contributed by atoms with Gasteiger partial charge in [0.05, 0.1) is 0 Å². The minimum Gasteiger partial charge on any atom is -0.382 e. The molecule has 1 nitrogen and oxygen atoms in total. The number of allylic oxidation sites excluding steroid dienone is 2. The van der Waals surface area contributed by atoms with E-state index >= 15 is 0 Å². The van der Waals surface area contributed by atoms with Gasteiger partial charge in [-0.2, -0.15) is 0 Å². The van der Waals surface area contributed by atoms with E-state index in [-0.39, 0.29) is 0 Å². The van der Waals surface area contributed by atoms with Crippen LogP contribution in [-0.2, 0) is 0 Å². The zero-order valence-electron chi connectivity index (χ0n) is 8.26. The smallest absolute Gasteiger partial charge is 0.152 e. The van der Waals surface area contributed by atoms with Gasteiger partial charge in [-0.15, -0.1) is 0 Å². The van der Waals surface area contributed by atoms with Crippen molar-refractivity contribution in [3.63, 3.8) is 0 Å². The maximum Gasteiger partial charge on any atom is 0.152 e. The maximum atomic E-state index is 2.33. The largest absolute Gasteiger partial charge is 0.382 e. The minimum absolute atomic E-state index is 1.17. The normalized spacial score (nSPS) is 13.2. The molecule has 0 aromatic carbocycles. The topological polar surface area (TPSA) is 3.24 Å². The van der Waals surface area contributed by atoms with Crippen LogP contribution in [0.4, 0.5) is 0 Å². The molecule has 0 saturated carbocycles. The van der Waals surface area contributed by atoms with Crippen LogP contribution in [0.2, 0.25) is 19.6 Å². The van der Waals surface area contributed by atoms with E-state index in [0.29, 0.717) is 0 Å². The molecule has 0 aromatic rings. The van der Waals surface area contributed by atoms with E-state index < -0.39 is 8.24 Å². The summed E-state index contributed by atoms with van der Waals surface area (Å²) in [6.07, 6.45) is 8.45. The van der Waals surface area contributed by atoms with Gasteiger partial charge in [-0.05, 0) is 26.2 Å². The van der Waals surface area contributed by atoms with Gasteiger partial charge in [-0.25, -0.2) is 0 Å². The van der Waals surface area contributed by atoms with E-state index in [1.54, 1.807) is 0 Å². The summed E-state index contributed by atoms with van der Waals surface area (Å²) < 4.78 is 2.33. The summed E-state index contributed by atoms with van der Waals surface area (Å²) in [5, 5.41) is 0. The third-order valence-corrected chi connectivity index (χ3v) is 3.24. The molecule has 0 unspecified atom stereocenters. The van der Waals surface area contributed by atoms with Crippen LogP contribution in [0, 0.1) is 0 Å². The van der Waals surface area contributed by atoms with Gasteiger partial charge in [0.25, 0.3) is 0 Å². The molecule has 0 aliphatic rings. The standard InChI is InChI=1S/C9H19NSi/c1-6-8-10(9-7-2)11(3,4)5/h6-9H,1-5H3/b8-6+,9-7+. The van der Waals surface area contributed by atoms with Crippen molar-refractivity contribution < 1.29 is 0 Å². The van der Waals surface area contributed by atoms with Crippen molar-refractivity contribution >= 4 is 8.24 Å². The third kappa shape index (κ3) is 4.04. The van der Waals surface area contributed by atoms with Gasteiger partial charge in [0, 0.05) is 0 Å². The van der Waals surface area contributed by atoms with Crippen LogP contribution < -0.4 is 0 Å². The fourth-order valence-electron chi connectivity index (χ4n) is 0.818. The highest BCUT2D eigenvalue weighted by atomic mass is 28.3. The molecule has 0 aliphatic heterocycles. The van der Waals surface area contributed by atoms with E-state index in [0.717, 1.165) is 0 Å². The van der Waals surface area contributed by atoms with Crippen molar-refractivity contribution in [1.82, 2.24) is 4.57 Å². The average molecular weight is 169 g/mol. The van der Waals surface area contributed by atoms with Crippen LogP contribution in [0.5, 0.6) is 0 Å². The molecule has 0 aliphatic carbocycles. The summed E-state index contributed by atoms with van der Waals surface area (Å²) in [5.41, 5.74) is 0. The molecule has 64 valence electrons. The monoisotopic (exact) mass is 169 g/mol. The Morgan fingerprint density at radius 2 is 1.27 bits per heavy atom. The summed E-state index contributed by atoms with van der Waals surface area (Å²) >= 11 is 0. The second-order valence-electron chi connectivity index (χ2n) is 3.54. The maximum absolute atomic E-state index is 2.33. The van der Waals surface area contributed by atoms with E-state index in [1.165, 1.54) is 0 Å². The highest BCUT2D eigenvalue weighted by Crippen LogP contribution is 2.10. The van der Waals surface area contributed by atoms with Crippen molar-refractivity contribution in [3.8, 4) is 0 Å². The fourth-order valence-corrected chi connectivity index (χ4v) is 2.01. The van der Waals surface area contributed by atoms with Gasteiger partial charge in [-0.1, -0.05) is 31.8 Å². The number of hydrogen-bond donors (Lipinski definition) is 0. The van der Waals surface area contributed by atoms with E-state index in [9.17, 15) is 0 Å². The first-order chi connectivity index (χ1) is 5.02. The lowest BCUT2D eigenvalue weighted by Crippen LogP contribution is -2.38. The summed E-state index contributed by atoms with van der Waals surface area (Å²) in [6, 6.07) is 0. The molecule has 0 rings (SSSR count). The quantitative estimate of drug-likeness (QED) is 0.586. The Kier molecular flexibility index (Phi) is 4.19. The first-order valence-electron chi connectivity index (χ1n) is 4.06. The Morgan fingerprint density at radius 1 is 0.909 bits per heavy atom. The Morgan fingerprint density at radius 3 is 1.45 bits per heavy atom. The van der Waals surface area contributed by atoms with Crippen LogP contribution in [0.15, 0.2) is 24.6 Å². The SMILES string of the molecule is C/C=C/N(/C=C/C)[Si](C)(C)C. The van der Waals surface area contributed by atoms with Crippen LogP contribution in [-0.4, -0.2) is 12.8 Å². The van der Waals surface area contributed by atoms with Gasteiger partial charge >= 0.3 is 0 Å². The first kappa shape index (κ1) is 10.5. The van der Waals surface area contributed by atoms with E-state index in [1.807, 2.05) is 0 Å². The number of nitrogens with zero attached hydrogens (tertiary/aromatic N) is 1. The van der Waals surface area contributed by atoms with Crippen LogP contribution in [0.1, 0.15) is 13.8 Å². The molecule has 0 atom stereocenters. The molecular weight excluding hydrogens is 150 g/mol. The third-order valence-electron chi connectivity index (χ3n) is 1.39. The van der Waals surface area contributed by atoms with Crippen LogP contribution >= 0.6 is 0 Å². The molecule has 2 heteroatoms. The van der Waals surface area contributed by atoms with Gasteiger partial charge in [0.1, 0.15) is 0 Å². The Balaban J connectivity index is 4.34. The van der Waals surface area contributed by atoms with E-state index in [4.69, 9.17) is 0 Å². The second-order valence-corrected chi connectivity index (χ2v) is 8.40. The molecule has 0 bridgehead atoms. The minimum atomic E-state index is -1.17. The lowest BCUT2D eigenvalue weighted by Gasteiger charge is -2.29. The lowest BCUT2D eigenvalue weighted by atomic mass is 10.6. The number of rotatable bonds is 3. The Bertz CT molecular complexity index is 141. The molecular formula is C9H19NSi. The molecule has 0 saturated heterocycles. The molecule has 0 fully saturated rings. The van der Waals surface area contributed by atoms with Crippen molar-refractivity contribution in [1.29, 1.82) is 0 Å². The van der Waals surface area contributed by atoms with Crippen molar-refractivity contribution in [2.45, 2.75) is 33.5 Å². The molecule has 0 spiro atoms. The molecule has 0 N–H and O–H groups in total. The Hall–Kier alpha value is -0.503. The predicted molar refractivity (Wildman–Crippen MR) is 54.8 cm³/mol. The second kappa shape index (κ2) is 4.39. The zero-order chi connectivity index (χ0) is 8.91.